The highest BCUT2D eigenvalue weighted by molar-refractivity contribution is 9.10. The maximum Gasteiger partial charge on any atom is 0.266 e. The lowest BCUT2D eigenvalue weighted by Crippen LogP contribution is -2.13. The largest absolute Gasteiger partial charge is 0.490 e. The summed E-state index contributed by atoms with van der Waals surface area (Å²) in [6, 6.07) is 15.8. The maximum atomic E-state index is 12.7. The second-order valence-electron chi connectivity index (χ2n) is 7.46. The van der Waals surface area contributed by atoms with Crippen molar-refractivity contribution in [3.05, 3.63) is 79.7 Å². The number of fused-ring (bicyclic) bond motifs is 1. The fourth-order valence-electron chi connectivity index (χ4n) is 3.37. The number of amides is 1. The summed E-state index contributed by atoms with van der Waals surface area (Å²) < 4.78 is 23.2. The molecule has 1 aliphatic rings. The first kappa shape index (κ1) is 25.7. The normalized spacial score (nSPS) is 12.1. The lowest BCUT2D eigenvalue weighted by atomic mass is 10.1. The monoisotopic (exact) mass is 588 g/mol. The number of hydrogen-bond acceptors (Lipinski definition) is 6. The van der Waals surface area contributed by atoms with Crippen molar-refractivity contribution in [1.82, 2.24) is 0 Å². The standard InChI is InChI=1S/C26H19BrCl2N2O5/c1-2-33-23-11-16(8-17(12-30)26(32)31-20-5-3-4-19(28)24(20)29)9-18(27)25(23)34-13-15-6-7-21-22(10-15)36-14-35-21/h3-11H,2,13-14H2,1H3,(H,31,32)/b17-8-. The summed E-state index contributed by atoms with van der Waals surface area (Å²) in [7, 11) is 0. The Balaban J connectivity index is 1.56. The summed E-state index contributed by atoms with van der Waals surface area (Å²) in [5.41, 5.74) is 1.62. The molecule has 0 radical (unpaired) electrons. The van der Waals surface area contributed by atoms with E-state index >= 15 is 0 Å². The Bertz CT molecular complexity index is 1390. The molecule has 36 heavy (non-hydrogen) atoms. The number of nitriles is 1. The van der Waals surface area contributed by atoms with E-state index in [4.69, 9.17) is 42.1 Å². The van der Waals surface area contributed by atoms with Crippen LogP contribution in [0.2, 0.25) is 10.0 Å². The number of ether oxygens (including phenoxy) is 4. The van der Waals surface area contributed by atoms with Crippen molar-refractivity contribution in [2.45, 2.75) is 13.5 Å². The maximum absolute atomic E-state index is 12.7. The molecular weight excluding hydrogens is 571 g/mol. The van der Waals surface area contributed by atoms with Crippen LogP contribution >= 0.6 is 39.1 Å². The molecule has 7 nitrogen and oxygen atoms in total. The Hall–Kier alpha value is -3.38. The van der Waals surface area contributed by atoms with Crippen LogP contribution in [0, 0.1) is 11.3 Å². The fourth-order valence-corrected chi connectivity index (χ4v) is 4.29. The van der Waals surface area contributed by atoms with Crippen molar-refractivity contribution in [3.63, 3.8) is 0 Å². The molecule has 184 valence electrons. The van der Waals surface area contributed by atoms with Gasteiger partial charge in [0, 0.05) is 0 Å². The molecule has 1 heterocycles. The minimum Gasteiger partial charge on any atom is -0.490 e. The molecule has 0 fully saturated rings. The third-order valence-electron chi connectivity index (χ3n) is 5.03. The first-order valence-electron chi connectivity index (χ1n) is 10.7. The first-order valence-corrected chi connectivity index (χ1v) is 12.3. The van der Waals surface area contributed by atoms with Gasteiger partial charge in [-0.05, 0) is 76.5 Å². The van der Waals surface area contributed by atoms with Crippen LogP contribution in [0.3, 0.4) is 0 Å². The summed E-state index contributed by atoms with van der Waals surface area (Å²) in [6.45, 7) is 2.69. The molecule has 0 atom stereocenters. The van der Waals surface area contributed by atoms with E-state index in [2.05, 4.69) is 21.2 Å². The van der Waals surface area contributed by atoms with Crippen LogP contribution < -0.4 is 24.3 Å². The van der Waals surface area contributed by atoms with Gasteiger partial charge >= 0.3 is 0 Å². The number of carbonyl (C=O) groups excluding carboxylic acids is 1. The topological polar surface area (TPSA) is 89.8 Å². The van der Waals surface area contributed by atoms with Crippen LogP contribution in [0.15, 0.2) is 58.6 Å². The molecule has 0 saturated heterocycles. The molecule has 0 spiro atoms. The molecule has 0 bridgehead atoms. The van der Waals surface area contributed by atoms with Crippen LogP contribution in [-0.4, -0.2) is 19.3 Å². The van der Waals surface area contributed by atoms with E-state index in [-0.39, 0.29) is 24.0 Å². The Labute approximate surface area is 226 Å². The molecule has 10 heteroatoms. The number of nitrogens with one attached hydrogen (secondary N) is 1. The van der Waals surface area contributed by atoms with Gasteiger partial charge in [-0.25, -0.2) is 0 Å². The molecule has 0 aromatic heterocycles. The Morgan fingerprint density at radius 3 is 2.75 bits per heavy atom. The molecule has 1 N–H and O–H groups in total. The van der Waals surface area contributed by atoms with Crippen molar-refractivity contribution in [1.29, 1.82) is 5.26 Å². The summed E-state index contributed by atoms with van der Waals surface area (Å²) >= 11 is 15.7. The van der Waals surface area contributed by atoms with Crippen molar-refractivity contribution in [2.24, 2.45) is 0 Å². The van der Waals surface area contributed by atoms with Gasteiger partial charge in [-0.2, -0.15) is 5.26 Å². The van der Waals surface area contributed by atoms with Crippen molar-refractivity contribution in [3.8, 4) is 29.1 Å². The molecule has 0 saturated carbocycles. The van der Waals surface area contributed by atoms with Crippen molar-refractivity contribution < 1.29 is 23.7 Å². The number of nitrogens with zero attached hydrogens (tertiary/aromatic N) is 1. The predicted octanol–water partition coefficient (Wildman–Crippen LogP) is 7.01. The zero-order valence-corrected chi connectivity index (χ0v) is 22.0. The molecule has 0 unspecified atom stereocenters. The predicted molar refractivity (Wildman–Crippen MR) is 141 cm³/mol. The van der Waals surface area contributed by atoms with Gasteiger partial charge in [-0.3, -0.25) is 4.79 Å². The van der Waals surface area contributed by atoms with E-state index in [1.165, 1.54) is 6.08 Å². The molecule has 1 amide bonds. The third-order valence-corrected chi connectivity index (χ3v) is 6.44. The van der Waals surface area contributed by atoms with Crippen molar-refractivity contribution >= 4 is 56.8 Å². The highest BCUT2D eigenvalue weighted by Crippen LogP contribution is 2.39. The quantitative estimate of drug-likeness (QED) is 0.224. The van der Waals surface area contributed by atoms with Crippen LogP contribution in [0.1, 0.15) is 18.1 Å². The van der Waals surface area contributed by atoms with Gasteiger partial charge in [-0.1, -0.05) is 35.3 Å². The SMILES string of the molecule is CCOc1cc(/C=C(/C#N)C(=O)Nc2cccc(Cl)c2Cl)cc(Br)c1OCc1ccc2c(c1)OCO2. The Kier molecular flexibility index (Phi) is 8.26. The van der Waals surface area contributed by atoms with Gasteiger partial charge in [-0.15, -0.1) is 0 Å². The van der Waals surface area contributed by atoms with Crippen molar-refractivity contribution in [2.75, 3.05) is 18.7 Å². The zero-order chi connectivity index (χ0) is 25.7. The number of hydrogen-bond donors (Lipinski definition) is 1. The minimum atomic E-state index is -0.626. The van der Waals surface area contributed by atoms with Crippen LogP contribution in [0.4, 0.5) is 5.69 Å². The Morgan fingerprint density at radius 2 is 1.97 bits per heavy atom. The van der Waals surface area contributed by atoms with Gasteiger partial charge in [0.25, 0.3) is 5.91 Å². The molecule has 3 aromatic rings. The van der Waals surface area contributed by atoms with Gasteiger partial charge < -0.3 is 24.3 Å². The first-order chi connectivity index (χ1) is 17.4. The molecule has 4 rings (SSSR count). The van der Waals surface area contributed by atoms with E-state index < -0.39 is 5.91 Å². The second kappa shape index (κ2) is 11.6. The number of anilines is 1. The van der Waals surface area contributed by atoms with Gasteiger partial charge in [0.05, 0.1) is 26.8 Å². The highest BCUT2D eigenvalue weighted by Gasteiger charge is 2.17. The summed E-state index contributed by atoms with van der Waals surface area (Å²) in [5, 5.41) is 12.7. The number of carbonyl (C=O) groups is 1. The number of halogens is 3. The van der Waals surface area contributed by atoms with Crippen LogP contribution in [0.5, 0.6) is 23.0 Å². The molecule has 1 aliphatic heterocycles. The average molecular weight is 590 g/mol. The van der Waals surface area contributed by atoms with Gasteiger partial charge in [0.2, 0.25) is 6.79 Å². The smallest absolute Gasteiger partial charge is 0.266 e. The van der Waals surface area contributed by atoms with E-state index in [9.17, 15) is 10.1 Å². The van der Waals surface area contributed by atoms with Gasteiger partial charge in [0.1, 0.15) is 18.2 Å². The second-order valence-corrected chi connectivity index (χ2v) is 9.10. The van der Waals surface area contributed by atoms with E-state index in [0.717, 1.165) is 5.56 Å². The molecular formula is C26H19BrCl2N2O5. The minimum absolute atomic E-state index is 0.130. The fraction of sp³-hybridized carbons (Fsp3) is 0.154. The van der Waals surface area contributed by atoms with E-state index in [0.29, 0.717) is 50.4 Å². The van der Waals surface area contributed by atoms with E-state index in [1.807, 2.05) is 31.2 Å². The third kappa shape index (κ3) is 5.88. The summed E-state index contributed by atoms with van der Waals surface area (Å²) in [4.78, 5) is 12.7. The number of benzene rings is 3. The van der Waals surface area contributed by atoms with Gasteiger partial charge in [0.15, 0.2) is 23.0 Å². The number of rotatable bonds is 8. The highest BCUT2D eigenvalue weighted by atomic mass is 79.9. The summed E-state index contributed by atoms with van der Waals surface area (Å²) in [5.74, 6) is 1.68. The van der Waals surface area contributed by atoms with Crippen LogP contribution in [0.25, 0.3) is 6.08 Å². The lowest BCUT2D eigenvalue weighted by molar-refractivity contribution is -0.112. The molecule has 3 aromatic carbocycles. The Morgan fingerprint density at radius 1 is 1.17 bits per heavy atom. The molecule has 0 aliphatic carbocycles. The van der Waals surface area contributed by atoms with E-state index in [1.54, 1.807) is 30.3 Å². The summed E-state index contributed by atoms with van der Waals surface area (Å²) in [6.07, 6.45) is 1.45. The average Bonchev–Trinajstić information content (AvgIpc) is 3.33. The zero-order valence-electron chi connectivity index (χ0n) is 18.9. The lowest BCUT2D eigenvalue weighted by Gasteiger charge is -2.15. The van der Waals surface area contributed by atoms with Crippen LogP contribution in [-0.2, 0) is 11.4 Å².